The van der Waals surface area contributed by atoms with E-state index in [1.165, 1.54) is 42.4 Å². The lowest BCUT2D eigenvalue weighted by Crippen LogP contribution is -2.10. The molecule has 0 unspecified atom stereocenters. The Balaban J connectivity index is 1.23. The van der Waals surface area contributed by atoms with Crippen molar-refractivity contribution in [2.45, 2.75) is 0 Å². The fraction of sp³-hybridized carbons (Fsp3) is 0. The van der Waals surface area contributed by atoms with Crippen LogP contribution >= 0.6 is 11.3 Å². The summed E-state index contributed by atoms with van der Waals surface area (Å²) in [5, 5.41) is 4.88. The summed E-state index contributed by atoms with van der Waals surface area (Å²) < 4.78 is 9.35. The third-order valence-corrected chi connectivity index (χ3v) is 9.91. The minimum atomic E-state index is 0.875. The first-order chi connectivity index (χ1) is 22.3. The highest BCUT2D eigenvalue weighted by atomic mass is 32.1. The maximum Gasteiger partial charge on any atom is 0.160 e. The molecule has 0 saturated carbocycles. The number of hydrogen-bond donors (Lipinski definition) is 0. The van der Waals surface area contributed by atoms with Gasteiger partial charge in [0.25, 0.3) is 0 Å². The summed E-state index contributed by atoms with van der Waals surface area (Å²) in [5.41, 5.74) is 9.72. The number of anilines is 3. The highest BCUT2D eigenvalue weighted by Gasteiger charge is 2.22. The molecule has 2 heterocycles. The molecule has 3 heteroatoms. The molecule has 2 nitrogen and oxygen atoms in total. The molecule has 0 N–H and O–H groups in total. The zero-order chi connectivity index (χ0) is 29.7. The maximum absolute atomic E-state index is 6.70. The first kappa shape index (κ1) is 25.8. The van der Waals surface area contributed by atoms with Crippen molar-refractivity contribution in [2.75, 3.05) is 4.90 Å². The van der Waals surface area contributed by atoms with E-state index in [2.05, 4.69) is 163 Å². The molecule has 0 aliphatic rings. The quantitative estimate of drug-likeness (QED) is 0.197. The fourth-order valence-corrected chi connectivity index (χ4v) is 7.86. The van der Waals surface area contributed by atoms with Gasteiger partial charge in [-0.2, -0.15) is 0 Å². The zero-order valence-electron chi connectivity index (χ0n) is 24.4. The van der Waals surface area contributed by atoms with Crippen molar-refractivity contribution in [1.82, 2.24) is 0 Å². The van der Waals surface area contributed by atoms with Gasteiger partial charge in [-0.3, -0.25) is 0 Å². The van der Waals surface area contributed by atoms with Crippen LogP contribution in [0.1, 0.15) is 0 Å². The van der Waals surface area contributed by atoms with E-state index < -0.39 is 0 Å². The SMILES string of the molecule is c1ccc(-c2ccc(N(c3ccccc3)c3ccc(-c4cccc5c4sc4ccccc45)cc3)c3oc4ccccc4c23)cc1. The van der Waals surface area contributed by atoms with Crippen molar-refractivity contribution in [1.29, 1.82) is 0 Å². The molecule has 0 saturated heterocycles. The molecule has 0 spiro atoms. The van der Waals surface area contributed by atoms with Crippen LogP contribution in [0.3, 0.4) is 0 Å². The number of benzene rings is 7. The summed E-state index contributed by atoms with van der Waals surface area (Å²) in [6, 6.07) is 58.2. The van der Waals surface area contributed by atoms with Gasteiger partial charge in [-0.15, -0.1) is 11.3 Å². The van der Waals surface area contributed by atoms with Crippen LogP contribution in [0, 0.1) is 0 Å². The van der Waals surface area contributed by atoms with E-state index in [0.717, 1.165) is 39.0 Å². The fourth-order valence-electron chi connectivity index (χ4n) is 6.62. The van der Waals surface area contributed by atoms with Crippen molar-refractivity contribution in [2.24, 2.45) is 0 Å². The largest absolute Gasteiger partial charge is 0.454 e. The van der Waals surface area contributed by atoms with Gasteiger partial charge < -0.3 is 9.32 Å². The lowest BCUT2D eigenvalue weighted by Gasteiger charge is -2.26. The van der Waals surface area contributed by atoms with Crippen LogP contribution in [0.25, 0.3) is 64.4 Å². The third kappa shape index (κ3) is 4.24. The molecular formula is C42H27NOS. The first-order valence-electron chi connectivity index (χ1n) is 15.2. The predicted octanol–water partition coefficient (Wildman–Crippen LogP) is 12.8. The summed E-state index contributed by atoms with van der Waals surface area (Å²) in [5.74, 6) is 0. The van der Waals surface area contributed by atoms with Gasteiger partial charge in [0, 0.05) is 42.3 Å². The number of furan rings is 1. The van der Waals surface area contributed by atoms with E-state index in [9.17, 15) is 0 Å². The number of hydrogen-bond acceptors (Lipinski definition) is 3. The molecule has 0 amide bonds. The summed E-state index contributed by atoms with van der Waals surface area (Å²) in [6.45, 7) is 0. The van der Waals surface area contributed by atoms with Crippen LogP contribution in [0.4, 0.5) is 17.1 Å². The summed E-state index contributed by atoms with van der Waals surface area (Å²) >= 11 is 1.87. The molecule has 0 fully saturated rings. The molecule has 0 atom stereocenters. The van der Waals surface area contributed by atoms with Crippen LogP contribution in [-0.4, -0.2) is 0 Å². The van der Waals surface area contributed by atoms with Gasteiger partial charge in [0.2, 0.25) is 0 Å². The van der Waals surface area contributed by atoms with E-state index in [0.29, 0.717) is 0 Å². The Hall–Kier alpha value is -5.64. The third-order valence-electron chi connectivity index (χ3n) is 8.69. The minimum Gasteiger partial charge on any atom is -0.454 e. The minimum absolute atomic E-state index is 0.875. The predicted molar refractivity (Wildman–Crippen MR) is 192 cm³/mol. The number of para-hydroxylation sites is 2. The van der Waals surface area contributed by atoms with E-state index in [1.807, 2.05) is 17.4 Å². The number of nitrogens with zero attached hydrogens (tertiary/aromatic N) is 1. The average Bonchev–Trinajstić information content (AvgIpc) is 3.69. The van der Waals surface area contributed by atoms with Gasteiger partial charge in [0.1, 0.15) is 5.58 Å². The van der Waals surface area contributed by atoms with Crippen molar-refractivity contribution < 1.29 is 4.42 Å². The lowest BCUT2D eigenvalue weighted by molar-refractivity contribution is 0.669. The van der Waals surface area contributed by atoms with Gasteiger partial charge in [-0.25, -0.2) is 0 Å². The van der Waals surface area contributed by atoms with Crippen molar-refractivity contribution in [3.8, 4) is 22.3 Å². The molecule has 9 rings (SSSR count). The van der Waals surface area contributed by atoms with Crippen LogP contribution < -0.4 is 4.90 Å². The highest BCUT2D eigenvalue weighted by Crippen LogP contribution is 2.46. The Morgan fingerprint density at radius 2 is 1.09 bits per heavy atom. The lowest BCUT2D eigenvalue weighted by atomic mass is 9.98. The number of fused-ring (bicyclic) bond motifs is 6. The molecule has 0 aliphatic carbocycles. The number of rotatable bonds is 5. The maximum atomic E-state index is 6.70. The second-order valence-corrected chi connectivity index (χ2v) is 12.4. The van der Waals surface area contributed by atoms with Crippen molar-refractivity contribution >= 4 is 70.5 Å². The zero-order valence-corrected chi connectivity index (χ0v) is 25.2. The first-order valence-corrected chi connectivity index (χ1v) is 16.0. The van der Waals surface area contributed by atoms with E-state index in [4.69, 9.17) is 4.42 Å². The van der Waals surface area contributed by atoms with Crippen LogP contribution in [0.2, 0.25) is 0 Å². The van der Waals surface area contributed by atoms with Crippen LogP contribution in [0.5, 0.6) is 0 Å². The number of thiophene rings is 1. The molecule has 2 aromatic heterocycles. The molecule has 212 valence electrons. The Kier molecular flexibility index (Phi) is 6.03. The summed E-state index contributed by atoms with van der Waals surface area (Å²) in [4.78, 5) is 2.31. The average molecular weight is 594 g/mol. The standard InChI is InChI=1S/C42H27NOS/c1-3-12-28(13-4-1)32-26-27-37(41-40(32)36-17-7-9-20-38(36)44-41)43(30-14-5-2-6-15-30)31-24-22-29(23-25-31)33-18-11-19-35-34-16-8-10-21-39(34)45-42(33)35/h1-27H. The molecule has 0 aliphatic heterocycles. The van der Waals surface area contributed by atoms with E-state index in [-0.39, 0.29) is 0 Å². The van der Waals surface area contributed by atoms with E-state index in [1.54, 1.807) is 0 Å². The summed E-state index contributed by atoms with van der Waals surface area (Å²) in [7, 11) is 0. The smallest absolute Gasteiger partial charge is 0.160 e. The van der Waals surface area contributed by atoms with Gasteiger partial charge >= 0.3 is 0 Å². The van der Waals surface area contributed by atoms with Crippen molar-refractivity contribution in [3.05, 3.63) is 164 Å². The Morgan fingerprint density at radius 1 is 0.444 bits per heavy atom. The summed E-state index contributed by atoms with van der Waals surface area (Å²) in [6.07, 6.45) is 0. The van der Waals surface area contributed by atoms with Gasteiger partial charge in [0.15, 0.2) is 5.58 Å². The topological polar surface area (TPSA) is 16.4 Å². The second-order valence-electron chi connectivity index (χ2n) is 11.3. The molecule has 0 bridgehead atoms. The van der Waals surface area contributed by atoms with Crippen LogP contribution in [0.15, 0.2) is 168 Å². The molecule has 45 heavy (non-hydrogen) atoms. The molecular weight excluding hydrogens is 567 g/mol. The van der Waals surface area contributed by atoms with Gasteiger partial charge in [-0.1, -0.05) is 121 Å². The van der Waals surface area contributed by atoms with Gasteiger partial charge in [0.05, 0.1) is 5.69 Å². The Bertz CT molecular complexity index is 2470. The second kappa shape index (κ2) is 10.5. The molecule has 0 radical (unpaired) electrons. The normalized spacial score (nSPS) is 11.6. The Labute approximate surface area is 265 Å². The van der Waals surface area contributed by atoms with Crippen LogP contribution in [-0.2, 0) is 0 Å². The monoisotopic (exact) mass is 593 g/mol. The van der Waals surface area contributed by atoms with Gasteiger partial charge in [-0.05, 0) is 64.7 Å². The van der Waals surface area contributed by atoms with Crippen molar-refractivity contribution in [3.63, 3.8) is 0 Å². The highest BCUT2D eigenvalue weighted by molar-refractivity contribution is 7.26. The molecule has 9 aromatic rings. The molecule has 7 aromatic carbocycles. The van der Waals surface area contributed by atoms with E-state index >= 15 is 0 Å². The Morgan fingerprint density at radius 3 is 1.91 bits per heavy atom.